The number of nitrogens with two attached hydrogens (primary N) is 1. The van der Waals surface area contributed by atoms with Gasteiger partial charge in [-0.1, -0.05) is 24.3 Å². The van der Waals surface area contributed by atoms with Crippen LogP contribution in [0.15, 0.2) is 48.7 Å². The number of hydrogen-bond donors (Lipinski definition) is 2. The number of rotatable bonds is 9. The summed E-state index contributed by atoms with van der Waals surface area (Å²) >= 11 is 0. The number of aromatic nitrogens is 1. The molecule has 0 aliphatic rings. The van der Waals surface area contributed by atoms with Crippen molar-refractivity contribution in [2.45, 2.75) is 19.8 Å². The standard InChI is InChI=1S/C25H28N4O5.ClH/c1-4-33-23(31)15-29(3)25(32)34-18-10-11-21-19(13-18)20(14-28(21)2)22(30)12-7-16-5-8-17(9-6-16)24(26)27;/h5-6,8-11,13-14H,4,7,12,15H2,1-3H3,(H3,26,27);1H. The van der Waals surface area contributed by atoms with Crippen molar-refractivity contribution in [3.8, 4) is 5.75 Å². The number of ether oxygens (including phenoxy) is 2. The van der Waals surface area contributed by atoms with Gasteiger partial charge in [-0.15, -0.1) is 12.4 Å². The number of benzene rings is 2. The van der Waals surface area contributed by atoms with Crippen LogP contribution in [0.2, 0.25) is 0 Å². The monoisotopic (exact) mass is 500 g/mol. The number of amides is 1. The van der Waals surface area contributed by atoms with Crippen molar-refractivity contribution in [3.63, 3.8) is 0 Å². The molecule has 1 heterocycles. The molecule has 2 aromatic carbocycles. The van der Waals surface area contributed by atoms with E-state index in [0.29, 0.717) is 29.4 Å². The van der Waals surface area contributed by atoms with Gasteiger partial charge in [-0.25, -0.2) is 4.79 Å². The Morgan fingerprint density at radius 1 is 1.11 bits per heavy atom. The van der Waals surface area contributed by atoms with Gasteiger partial charge in [-0.05, 0) is 37.1 Å². The summed E-state index contributed by atoms with van der Waals surface area (Å²) in [6, 6.07) is 12.3. The summed E-state index contributed by atoms with van der Waals surface area (Å²) in [6.45, 7) is 1.69. The normalized spacial score (nSPS) is 10.4. The van der Waals surface area contributed by atoms with Crippen LogP contribution < -0.4 is 10.5 Å². The number of nitrogens with one attached hydrogen (secondary N) is 1. The number of halogens is 1. The molecule has 0 fully saturated rings. The van der Waals surface area contributed by atoms with Gasteiger partial charge in [-0.2, -0.15) is 0 Å². The molecule has 0 saturated heterocycles. The van der Waals surface area contributed by atoms with Crippen molar-refractivity contribution < 1.29 is 23.9 Å². The zero-order valence-corrected chi connectivity index (χ0v) is 20.7. The van der Waals surface area contributed by atoms with E-state index in [9.17, 15) is 14.4 Å². The molecule has 1 aromatic heterocycles. The SMILES string of the molecule is CCOC(=O)CN(C)C(=O)Oc1ccc2c(c1)c(C(=O)CCc1ccc(C(=N)N)cc1)cn2C.Cl. The molecule has 186 valence electrons. The molecule has 1 amide bonds. The number of Topliss-reactive ketones (excluding diaryl/α,β-unsaturated/α-hetero) is 1. The van der Waals surface area contributed by atoms with E-state index in [1.54, 1.807) is 43.5 Å². The number of amidine groups is 1. The van der Waals surface area contributed by atoms with Crippen molar-refractivity contribution in [2.75, 3.05) is 20.2 Å². The van der Waals surface area contributed by atoms with Crippen molar-refractivity contribution in [1.82, 2.24) is 9.47 Å². The second kappa shape index (κ2) is 12.0. The maximum absolute atomic E-state index is 13.0. The number of carbonyl (C=O) groups is 3. The summed E-state index contributed by atoms with van der Waals surface area (Å²) in [5, 5.41) is 8.14. The third-order valence-electron chi connectivity index (χ3n) is 5.36. The van der Waals surface area contributed by atoms with Gasteiger partial charge in [0, 0.05) is 48.7 Å². The molecule has 0 radical (unpaired) electrons. The number of hydrogen-bond acceptors (Lipinski definition) is 6. The van der Waals surface area contributed by atoms with E-state index in [-0.39, 0.29) is 42.9 Å². The minimum Gasteiger partial charge on any atom is -0.465 e. The highest BCUT2D eigenvalue weighted by Gasteiger charge is 2.18. The first-order valence-electron chi connectivity index (χ1n) is 10.8. The Labute approximate surface area is 209 Å². The molecule has 0 atom stereocenters. The topological polar surface area (TPSA) is 128 Å². The van der Waals surface area contributed by atoms with Crippen LogP contribution in [0.3, 0.4) is 0 Å². The van der Waals surface area contributed by atoms with Crippen LogP contribution in [0.4, 0.5) is 4.79 Å². The zero-order chi connectivity index (χ0) is 24.8. The molecule has 0 aliphatic carbocycles. The van der Waals surface area contributed by atoms with Crippen molar-refractivity contribution in [3.05, 3.63) is 65.4 Å². The summed E-state index contributed by atoms with van der Waals surface area (Å²) in [5.74, 6) is -0.288. The average Bonchev–Trinajstić information content (AvgIpc) is 3.13. The van der Waals surface area contributed by atoms with Gasteiger partial charge in [0.05, 0.1) is 6.61 Å². The van der Waals surface area contributed by atoms with Crippen LogP contribution in [0.1, 0.15) is 34.8 Å². The Morgan fingerprint density at radius 3 is 2.43 bits per heavy atom. The molecule has 35 heavy (non-hydrogen) atoms. The highest BCUT2D eigenvalue weighted by molar-refractivity contribution is 6.08. The van der Waals surface area contributed by atoms with E-state index in [1.165, 1.54) is 7.05 Å². The summed E-state index contributed by atoms with van der Waals surface area (Å²) in [4.78, 5) is 38.1. The first-order valence-corrected chi connectivity index (χ1v) is 10.8. The number of nitrogens with zero attached hydrogens (tertiary/aromatic N) is 2. The lowest BCUT2D eigenvalue weighted by atomic mass is 10.0. The molecule has 3 aromatic rings. The van der Waals surface area contributed by atoms with Crippen molar-refractivity contribution in [1.29, 1.82) is 5.41 Å². The smallest absolute Gasteiger partial charge is 0.415 e. The number of aryl methyl sites for hydroxylation is 2. The maximum Gasteiger partial charge on any atom is 0.415 e. The van der Waals surface area contributed by atoms with Gasteiger partial charge >= 0.3 is 12.1 Å². The van der Waals surface area contributed by atoms with E-state index in [4.69, 9.17) is 20.6 Å². The summed E-state index contributed by atoms with van der Waals surface area (Å²) in [6.07, 6.45) is 1.90. The number of esters is 1. The Balaban J connectivity index is 0.00000432. The maximum atomic E-state index is 13.0. The summed E-state index contributed by atoms with van der Waals surface area (Å²) < 4.78 is 12.1. The van der Waals surface area contributed by atoms with Crippen molar-refractivity contribution >= 4 is 47.0 Å². The first kappa shape index (κ1) is 27.4. The van der Waals surface area contributed by atoms with E-state index >= 15 is 0 Å². The minimum absolute atomic E-state index is 0. The predicted molar refractivity (Wildman–Crippen MR) is 136 cm³/mol. The number of ketones is 1. The number of nitrogen functional groups attached to an aromatic ring is 1. The van der Waals surface area contributed by atoms with E-state index < -0.39 is 12.1 Å². The highest BCUT2D eigenvalue weighted by atomic mass is 35.5. The lowest BCUT2D eigenvalue weighted by Crippen LogP contribution is -2.35. The molecule has 10 heteroatoms. The van der Waals surface area contributed by atoms with Crippen LogP contribution in [0.5, 0.6) is 5.75 Å². The molecular formula is C25H29ClN4O5. The van der Waals surface area contributed by atoms with E-state index in [0.717, 1.165) is 16.0 Å². The number of likely N-dealkylation sites (N-methyl/N-ethyl adjacent to an activating group) is 1. The van der Waals surface area contributed by atoms with Gasteiger partial charge in [-0.3, -0.25) is 19.9 Å². The van der Waals surface area contributed by atoms with Gasteiger partial charge in [0.15, 0.2) is 5.78 Å². The lowest BCUT2D eigenvalue weighted by Gasteiger charge is -2.15. The lowest BCUT2D eigenvalue weighted by molar-refractivity contribution is -0.143. The van der Waals surface area contributed by atoms with Crippen molar-refractivity contribution in [2.24, 2.45) is 12.8 Å². The molecule has 0 unspecified atom stereocenters. The zero-order valence-electron chi connectivity index (χ0n) is 19.9. The van der Waals surface area contributed by atoms with Gasteiger partial charge in [0.2, 0.25) is 0 Å². The Hall–Kier alpha value is -3.85. The average molecular weight is 501 g/mol. The van der Waals surface area contributed by atoms with Crippen LogP contribution in [-0.4, -0.2) is 53.3 Å². The second-order valence-electron chi connectivity index (χ2n) is 7.90. The molecule has 3 rings (SSSR count). The Bertz CT molecular complexity index is 1240. The molecule has 0 aliphatic heterocycles. The quantitative estimate of drug-likeness (QED) is 0.199. The van der Waals surface area contributed by atoms with Crippen LogP contribution in [0, 0.1) is 5.41 Å². The predicted octanol–water partition coefficient (Wildman–Crippen LogP) is 3.69. The van der Waals surface area contributed by atoms with Gasteiger partial charge in [0.25, 0.3) is 0 Å². The van der Waals surface area contributed by atoms with Crippen LogP contribution >= 0.6 is 12.4 Å². The Morgan fingerprint density at radius 2 is 1.80 bits per heavy atom. The molecular weight excluding hydrogens is 472 g/mol. The third-order valence-corrected chi connectivity index (χ3v) is 5.36. The fourth-order valence-corrected chi connectivity index (χ4v) is 3.54. The third kappa shape index (κ3) is 6.83. The minimum atomic E-state index is -0.704. The van der Waals surface area contributed by atoms with Gasteiger partial charge in [0.1, 0.15) is 18.1 Å². The number of fused-ring (bicyclic) bond motifs is 1. The van der Waals surface area contributed by atoms with Gasteiger partial charge < -0.3 is 19.8 Å². The summed E-state index contributed by atoms with van der Waals surface area (Å²) in [7, 11) is 3.29. The second-order valence-corrected chi connectivity index (χ2v) is 7.90. The molecule has 0 spiro atoms. The fourth-order valence-electron chi connectivity index (χ4n) is 3.54. The number of carbonyl (C=O) groups excluding carboxylic acids is 3. The molecule has 0 saturated carbocycles. The van der Waals surface area contributed by atoms with Crippen LogP contribution in [-0.2, 0) is 23.0 Å². The fraction of sp³-hybridized carbons (Fsp3) is 0.280. The molecule has 0 bridgehead atoms. The first-order chi connectivity index (χ1) is 16.2. The largest absolute Gasteiger partial charge is 0.465 e. The Kier molecular flexibility index (Phi) is 9.42. The van der Waals surface area contributed by atoms with E-state index in [2.05, 4.69) is 0 Å². The van der Waals surface area contributed by atoms with E-state index in [1.807, 2.05) is 23.7 Å². The van der Waals surface area contributed by atoms with Crippen LogP contribution in [0.25, 0.3) is 10.9 Å². The molecule has 9 nitrogen and oxygen atoms in total. The molecule has 3 N–H and O–H groups in total. The highest BCUT2D eigenvalue weighted by Crippen LogP contribution is 2.27. The summed E-state index contributed by atoms with van der Waals surface area (Å²) in [5.41, 5.74) is 8.46.